The van der Waals surface area contributed by atoms with Crippen LogP contribution in [0.15, 0.2) is 24.3 Å². The third-order valence-corrected chi connectivity index (χ3v) is 2.93. The van der Waals surface area contributed by atoms with Crippen LogP contribution in [0.1, 0.15) is 30.1 Å². The zero-order valence-corrected chi connectivity index (χ0v) is 12.3. The number of benzene rings is 1. The molecule has 1 aromatic rings. The molecule has 0 bridgehead atoms. The zero-order valence-electron chi connectivity index (χ0n) is 12.3. The lowest BCUT2D eigenvalue weighted by Gasteiger charge is -2.23. The van der Waals surface area contributed by atoms with Crippen LogP contribution in [0.5, 0.6) is 0 Å². The summed E-state index contributed by atoms with van der Waals surface area (Å²) in [5, 5.41) is 17.5. The molecule has 0 aliphatic heterocycles. The molecule has 0 aliphatic carbocycles. The summed E-state index contributed by atoms with van der Waals surface area (Å²) in [7, 11) is 0. The Bertz CT molecular complexity index is 507. The van der Waals surface area contributed by atoms with E-state index in [-0.39, 0.29) is 32.5 Å². The van der Waals surface area contributed by atoms with E-state index in [1.54, 1.807) is 36.1 Å². The van der Waals surface area contributed by atoms with Crippen molar-refractivity contribution in [1.82, 2.24) is 0 Å². The van der Waals surface area contributed by atoms with Gasteiger partial charge in [0.2, 0.25) is 0 Å². The Kier molecular flexibility index (Phi) is 6.88. The number of esters is 1. The van der Waals surface area contributed by atoms with Gasteiger partial charge >= 0.3 is 17.9 Å². The topological polar surface area (TPSA) is 104 Å². The fraction of sp³-hybridized carbons (Fsp3) is 0.400. The van der Waals surface area contributed by atoms with Crippen LogP contribution in [0.3, 0.4) is 0 Å². The van der Waals surface area contributed by atoms with Gasteiger partial charge in [0.05, 0.1) is 25.0 Å². The summed E-state index contributed by atoms with van der Waals surface area (Å²) in [5.74, 6) is -2.34. The summed E-state index contributed by atoms with van der Waals surface area (Å²) in [6.07, 6.45) is -0.196. The second-order valence-electron chi connectivity index (χ2n) is 4.54. The van der Waals surface area contributed by atoms with Gasteiger partial charge in [-0.15, -0.1) is 0 Å². The molecule has 120 valence electrons. The maximum Gasteiger partial charge on any atom is 0.338 e. The number of aliphatic carboxylic acids is 2. The smallest absolute Gasteiger partial charge is 0.338 e. The first kappa shape index (κ1) is 17.5. The summed E-state index contributed by atoms with van der Waals surface area (Å²) >= 11 is 0. The third-order valence-electron chi connectivity index (χ3n) is 2.93. The predicted molar refractivity (Wildman–Crippen MR) is 79.1 cm³/mol. The number of hydrogen-bond acceptors (Lipinski definition) is 5. The van der Waals surface area contributed by atoms with Crippen LogP contribution in [-0.2, 0) is 14.3 Å². The monoisotopic (exact) mass is 309 g/mol. The SMILES string of the molecule is CCOC(=O)c1ccc(N(CCC(=O)O)CCC(=O)O)cc1. The van der Waals surface area contributed by atoms with E-state index in [9.17, 15) is 14.4 Å². The van der Waals surface area contributed by atoms with Crippen LogP contribution in [0.25, 0.3) is 0 Å². The van der Waals surface area contributed by atoms with Gasteiger partial charge in [-0.1, -0.05) is 0 Å². The Morgan fingerprint density at radius 3 is 1.91 bits per heavy atom. The summed E-state index contributed by atoms with van der Waals surface area (Å²) < 4.78 is 4.88. The van der Waals surface area contributed by atoms with Gasteiger partial charge in [-0.25, -0.2) is 4.79 Å². The van der Waals surface area contributed by atoms with Crippen molar-refractivity contribution >= 4 is 23.6 Å². The van der Waals surface area contributed by atoms with Gasteiger partial charge in [0.1, 0.15) is 0 Å². The number of rotatable bonds is 9. The normalized spacial score (nSPS) is 10.0. The standard InChI is InChI=1S/C15H19NO6/c1-2-22-15(21)11-3-5-12(6-4-11)16(9-7-13(17)18)10-8-14(19)20/h3-6H,2,7-10H2,1H3,(H,17,18)(H,19,20). The van der Waals surface area contributed by atoms with Gasteiger partial charge in [-0.3, -0.25) is 9.59 Å². The molecule has 0 radical (unpaired) electrons. The van der Waals surface area contributed by atoms with E-state index in [0.29, 0.717) is 11.3 Å². The predicted octanol–water partition coefficient (Wildman–Crippen LogP) is 1.62. The molecule has 1 aromatic carbocycles. The van der Waals surface area contributed by atoms with E-state index in [4.69, 9.17) is 14.9 Å². The zero-order chi connectivity index (χ0) is 16.5. The van der Waals surface area contributed by atoms with Crippen LogP contribution in [0.2, 0.25) is 0 Å². The maximum absolute atomic E-state index is 11.6. The molecule has 0 spiro atoms. The highest BCUT2D eigenvalue weighted by molar-refractivity contribution is 5.89. The second-order valence-corrected chi connectivity index (χ2v) is 4.54. The average molecular weight is 309 g/mol. The highest BCUT2D eigenvalue weighted by atomic mass is 16.5. The van der Waals surface area contributed by atoms with Crippen LogP contribution in [-0.4, -0.2) is 47.8 Å². The van der Waals surface area contributed by atoms with Crippen molar-refractivity contribution in [2.45, 2.75) is 19.8 Å². The molecule has 2 N–H and O–H groups in total. The van der Waals surface area contributed by atoms with Crippen LogP contribution >= 0.6 is 0 Å². The van der Waals surface area contributed by atoms with Crippen molar-refractivity contribution in [2.24, 2.45) is 0 Å². The molecule has 0 atom stereocenters. The number of carboxylic acids is 2. The number of carboxylic acid groups (broad SMARTS) is 2. The Labute approximate surface area is 128 Å². The molecule has 7 heteroatoms. The molecule has 22 heavy (non-hydrogen) atoms. The number of nitrogens with zero attached hydrogens (tertiary/aromatic N) is 1. The number of hydrogen-bond donors (Lipinski definition) is 2. The van der Waals surface area contributed by atoms with Crippen molar-refractivity contribution in [3.63, 3.8) is 0 Å². The van der Waals surface area contributed by atoms with Crippen LogP contribution in [0.4, 0.5) is 5.69 Å². The minimum atomic E-state index is -0.955. The van der Waals surface area contributed by atoms with Crippen molar-refractivity contribution in [1.29, 1.82) is 0 Å². The van der Waals surface area contributed by atoms with E-state index in [1.165, 1.54) is 0 Å². The van der Waals surface area contributed by atoms with Gasteiger partial charge in [-0.2, -0.15) is 0 Å². The van der Waals surface area contributed by atoms with Crippen LogP contribution in [0, 0.1) is 0 Å². The molecule has 1 rings (SSSR count). The van der Waals surface area contributed by atoms with Crippen molar-refractivity contribution in [2.75, 3.05) is 24.6 Å². The Balaban J connectivity index is 2.81. The Hall–Kier alpha value is -2.57. The number of anilines is 1. The van der Waals surface area contributed by atoms with E-state index in [0.717, 1.165) is 0 Å². The summed E-state index contributed by atoms with van der Waals surface area (Å²) in [4.78, 5) is 34.6. The van der Waals surface area contributed by atoms with E-state index < -0.39 is 17.9 Å². The fourth-order valence-electron chi connectivity index (χ4n) is 1.85. The van der Waals surface area contributed by atoms with Gasteiger partial charge < -0.3 is 19.8 Å². The minimum Gasteiger partial charge on any atom is -0.481 e. The molecular formula is C15H19NO6. The number of carbonyl (C=O) groups is 3. The lowest BCUT2D eigenvalue weighted by Crippen LogP contribution is -2.28. The second kappa shape index (κ2) is 8.66. The average Bonchev–Trinajstić information content (AvgIpc) is 2.47. The molecule has 7 nitrogen and oxygen atoms in total. The number of ether oxygens (including phenoxy) is 1. The van der Waals surface area contributed by atoms with E-state index in [1.807, 2.05) is 0 Å². The first-order valence-corrected chi connectivity index (χ1v) is 6.89. The van der Waals surface area contributed by atoms with Crippen molar-refractivity contribution in [3.05, 3.63) is 29.8 Å². The lowest BCUT2D eigenvalue weighted by molar-refractivity contribution is -0.137. The summed E-state index contributed by atoms with van der Waals surface area (Å²) in [5.41, 5.74) is 1.05. The fourth-order valence-corrected chi connectivity index (χ4v) is 1.85. The third kappa shape index (κ3) is 5.82. The minimum absolute atomic E-state index is 0.0980. The molecule has 0 unspecified atom stereocenters. The summed E-state index contributed by atoms with van der Waals surface area (Å²) in [6, 6.07) is 6.44. The Morgan fingerprint density at radius 1 is 1.00 bits per heavy atom. The summed E-state index contributed by atoms with van der Waals surface area (Å²) in [6.45, 7) is 2.39. The maximum atomic E-state index is 11.6. The molecule has 0 saturated carbocycles. The molecule has 0 aromatic heterocycles. The first-order chi connectivity index (χ1) is 10.4. The van der Waals surface area contributed by atoms with Gasteiger partial charge in [0.15, 0.2) is 0 Å². The molecule has 0 saturated heterocycles. The van der Waals surface area contributed by atoms with E-state index >= 15 is 0 Å². The van der Waals surface area contributed by atoms with Gasteiger partial charge in [-0.05, 0) is 31.2 Å². The van der Waals surface area contributed by atoms with Crippen LogP contribution < -0.4 is 4.90 Å². The molecule has 0 amide bonds. The molecular weight excluding hydrogens is 290 g/mol. The van der Waals surface area contributed by atoms with E-state index in [2.05, 4.69) is 0 Å². The Morgan fingerprint density at radius 2 is 1.50 bits per heavy atom. The van der Waals surface area contributed by atoms with Gasteiger partial charge in [0, 0.05) is 18.8 Å². The largest absolute Gasteiger partial charge is 0.481 e. The molecule has 0 fully saturated rings. The number of carbonyl (C=O) groups excluding carboxylic acids is 1. The first-order valence-electron chi connectivity index (χ1n) is 6.89. The van der Waals surface area contributed by atoms with Crippen molar-refractivity contribution < 1.29 is 29.3 Å². The molecule has 0 aliphatic rings. The molecule has 0 heterocycles. The van der Waals surface area contributed by atoms with Crippen molar-refractivity contribution in [3.8, 4) is 0 Å². The highest BCUT2D eigenvalue weighted by Crippen LogP contribution is 2.17. The quantitative estimate of drug-likeness (QED) is 0.668. The lowest BCUT2D eigenvalue weighted by atomic mass is 10.2. The highest BCUT2D eigenvalue weighted by Gasteiger charge is 2.12. The van der Waals surface area contributed by atoms with Gasteiger partial charge in [0.25, 0.3) is 0 Å².